The van der Waals surface area contributed by atoms with E-state index >= 15 is 0 Å². The van der Waals surface area contributed by atoms with Crippen LogP contribution in [0.15, 0.2) is 70.4 Å². The number of benzene rings is 2. The van der Waals surface area contributed by atoms with Crippen LogP contribution >= 0.6 is 0 Å². The van der Waals surface area contributed by atoms with Gasteiger partial charge in [-0.25, -0.2) is 4.79 Å². The molecule has 1 saturated heterocycles. The van der Waals surface area contributed by atoms with Gasteiger partial charge in [-0.1, -0.05) is 75.4 Å². The Morgan fingerprint density at radius 3 is 2.10 bits per heavy atom. The van der Waals surface area contributed by atoms with Crippen LogP contribution in [0.2, 0.25) is 0 Å². The summed E-state index contributed by atoms with van der Waals surface area (Å²) in [5.41, 5.74) is -0.157. The summed E-state index contributed by atoms with van der Waals surface area (Å²) in [6.07, 6.45) is -0.943. The Morgan fingerprint density at radius 2 is 1.56 bits per heavy atom. The maximum Gasteiger partial charge on any atom is 0.333 e. The van der Waals surface area contributed by atoms with E-state index in [9.17, 15) is 19.2 Å². The van der Waals surface area contributed by atoms with E-state index < -0.39 is 40.9 Å². The first kappa shape index (κ1) is 28.0. The molecule has 39 heavy (non-hydrogen) atoms. The van der Waals surface area contributed by atoms with Crippen LogP contribution in [0.5, 0.6) is 0 Å². The van der Waals surface area contributed by atoms with Gasteiger partial charge in [-0.05, 0) is 29.0 Å². The number of rotatable bonds is 6. The first-order valence-corrected chi connectivity index (χ1v) is 12.7. The normalized spacial score (nSPS) is 18.5. The average Bonchev–Trinajstić information content (AvgIpc) is 3.34. The Kier molecular flexibility index (Phi) is 7.66. The lowest BCUT2D eigenvalue weighted by molar-refractivity contribution is -0.174. The highest BCUT2D eigenvalue weighted by molar-refractivity contribution is 6.01. The predicted molar refractivity (Wildman–Crippen MR) is 144 cm³/mol. The molecule has 1 aromatic heterocycles. The Hall–Kier alpha value is -3.98. The third-order valence-corrected chi connectivity index (χ3v) is 7.28. The lowest BCUT2D eigenvalue weighted by Crippen LogP contribution is -2.44. The third kappa shape index (κ3) is 5.06. The van der Waals surface area contributed by atoms with Crippen molar-refractivity contribution in [2.45, 2.75) is 58.4 Å². The lowest BCUT2D eigenvalue weighted by atomic mass is 9.77. The minimum atomic E-state index is -1.85. The average molecular weight is 535 g/mol. The molecule has 1 aliphatic rings. The fourth-order valence-electron chi connectivity index (χ4n) is 5.08. The number of hydrogen-bond acceptors (Lipinski definition) is 7. The fraction of sp³-hybridized carbons (Fsp3) is 0.400. The van der Waals surface area contributed by atoms with Crippen molar-refractivity contribution >= 4 is 11.9 Å². The van der Waals surface area contributed by atoms with Gasteiger partial charge >= 0.3 is 17.6 Å². The van der Waals surface area contributed by atoms with E-state index in [0.29, 0.717) is 11.1 Å². The van der Waals surface area contributed by atoms with E-state index in [2.05, 4.69) is 20.8 Å². The smallest absolute Gasteiger partial charge is 0.333 e. The van der Waals surface area contributed by atoms with E-state index in [-0.39, 0.29) is 18.4 Å². The van der Waals surface area contributed by atoms with Gasteiger partial charge in [0.25, 0.3) is 5.56 Å². The van der Waals surface area contributed by atoms with Crippen LogP contribution in [-0.2, 0) is 35.8 Å². The van der Waals surface area contributed by atoms with Gasteiger partial charge in [0.05, 0.1) is 20.8 Å². The number of carbonyl (C=O) groups is 2. The number of nitrogens with zero attached hydrogens (tertiary/aromatic N) is 2. The SMILES string of the molecule is COC(=O)C1(C(=O)OC)C[C@H](n2cc(C)c(=O)n(Cc3ccc(C(C)(C)C)cc3)c2=O)O[C@@H]1c1ccccc1. The van der Waals surface area contributed by atoms with Crippen LogP contribution in [0.3, 0.4) is 0 Å². The number of esters is 2. The zero-order valence-corrected chi connectivity index (χ0v) is 23.1. The van der Waals surface area contributed by atoms with Crippen molar-refractivity contribution in [2.75, 3.05) is 14.2 Å². The summed E-state index contributed by atoms with van der Waals surface area (Å²) >= 11 is 0. The Morgan fingerprint density at radius 1 is 0.974 bits per heavy atom. The summed E-state index contributed by atoms with van der Waals surface area (Å²) in [7, 11) is 2.37. The molecule has 0 spiro atoms. The van der Waals surface area contributed by atoms with E-state index in [4.69, 9.17) is 14.2 Å². The van der Waals surface area contributed by atoms with Crippen LogP contribution in [0.4, 0.5) is 0 Å². The number of hydrogen-bond donors (Lipinski definition) is 0. The van der Waals surface area contributed by atoms with Gasteiger partial charge < -0.3 is 14.2 Å². The standard InChI is InChI=1S/C30H34N2O7/c1-19-17-31(28(36)32(25(19)33)18-20-12-14-22(15-13-20)29(2,3)4)23-16-30(26(34)37-5,27(35)38-6)24(39-23)21-10-8-7-9-11-21/h7-15,17,23-24H,16,18H2,1-6H3/t23-,24-/m1/s1. The van der Waals surface area contributed by atoms with E-state index in [1.165, 1.54) is 25.0 Å². The zero-order valence-electron chi connectivity index (χ0n) is 23.1. The number of ether oxygens (including phenoxy) is 3. The number of aromatic nitrogens is 2. The molecule has 3 aromatic rings. The molecule has 0 N–H and O–H groups in total. The molecular formula is C30H34N2O7. The Labute approximate surface area is 226 Å². The van der Waals surface area contributed by atoms with Gasteiger partial charge in [-0.15, -0.1) is 0 Å². The summed E-state index contributed by atoms with van der Waals surface area (Å²) in [6.45, 7) is 7.99. The molecule has 206 valence electrons. The summed E-state index contributed by atoms with van der Waals surface area (Å²) in [5, 5.41) is 0. The van der Waals surface area contributed by atoms with Crippen LogP contribution in [-0.4, -0.2) is 35.3 Å². The summed E-state index contributed by atoms with van der Waals surface area (Å²) < 4.78 is 18.8. The van der Waals surface area contributed by atoms with E-state index in [1.807, 2.05) is 24.3 Å². The van der Waals surface area contributed by atoms with Crippen LogP contribution < -0.4 is 11.2 Å². The van der Waals surface area contributed by atoms with Crippen molar-refractivity contribution in [3.05, 3.63) is 104 Å². The van der Waals surface area contributed by atoms with Crippen molar-refractivity contribution in [1.82, 2.24) is 9.13 Å². The monoisotopic (exact) mass is 534 g/mol. The molecule has 2 atom stereocenters. The Bertz CT molecular complexity index is 1460. The molecule has 4 rings (SSSR count). The van der Waals surface area contributed by atoms with Gasteiger partial charge in [-0.2, -0.15) is 0 Å². The van der Waals surface area contributed by atoms with Crippen molar-refractivity contribution in [1.29, 1.82) is 0 Å². The van der Waals surface area contributed by atoms with Gasteiger partial charge in [-0.3, -0.25) is 23.5 Å². The van der Waals surface area contributed by atoms with Gasteiger partial charge in [0, 0.05) is 18.2 Å². The van der Waals surface area contributed by atoms with Crippen LogP contribution in [0.25, 0.3) is 0 Å². The first-order chi connectivity index (χ1) is 18.4. The predicted octanol–water partition coefficient (Wildman–Crippen LogP) is 3.66. The maximum atomic E-state index is 13.7. The quantitative estimate of drug-likeness (QED) is 0.351. The van der Waals surface area contributed by atoms with Crippen molar-refractivity contribution in [3.8, 4) is 0 Å². The van der Waals surface area contributed by atoms with E-state index in [0.717, 1.165) is 15.7 Å². The van der Waals surface area contributed by atoms with Gasteiger partial charge in [0.15, 0.2) is 5.41 Å². The van der Waals surface area contributed by atoms with Gasteiger partial charge in [0.1, 0.15) is 12.3 Å². The summed E-state index contributed by atoms with van der Waals surface area (Å²) in [6, 6.07) is 16.5. The second kappa shape index (κ2) is 10.6. The molecular weight excluding hydrogens is 500 g/mol. The molecule has 1 aliphatic heterocycles. The molecule has 0 aliphatic carbocycles. The van der Waals surface area contributed by atoms with Crippen molar-refractivity contribution in [3.63, 3.8) is 0 Å². The minimum Gasteiger partial charge on any atom is -0.468 e. The Balaban J connectivity index is 1.80. The number of aryl methyl sites for hydroxylation is 1. The zero-order chi connectivity index (χ0) is 28.5. The molecule has 0 bridgehead atoms. The molecule has 1 fully saturated rings. The topological polar surface area (TPSA) is 106 Å². The third-order valence-electron chi connectivity index (χ3n) is 7.28. The second-order valence-corrected chi connectivity index (χ2v) is 10.9. The maximum absolute atomic E-state index is 13.7. The molecule has 0 radical (unpaired) electrons. The summed E-state index contributed by atoms with van der Waals surface area (Å²) in [4.78, 5) is 53.1. The first-order valence-electron chi connectivity index (χ1n) is 12.7. The highest BCUT2D eigenvalue weighted by atomic mass is 16.6. The molecule has 2 heterocycles. The second-order valence-electron chi connectivity index (χ2n) is 10.9. The molecule has 2 aromatic carbocycles. The fourth-order valence-corrected chi connectivity index (χ4v) is 5.08. The van der Waals surface area contributed by atoms with Gasteiger partial charge in [0.2, 0.25) is 0 Å². The van der Waals surface area contributed by atoms with Crippen molar-refractivity contribution in [2.24, 2.45) is 5.41 Å². The number of carbonyl (C=O) groups excluding carboxylic acids is 2. The summed E-state index contributed by atoms with van der Waals surface area (Å²) in [5.74, 6) is -1.66. The van der Waals surface area contributed by atoms with Crippen LogP contribution in [0, 0.1) is 12.3 Å². The molecule has 0 saturated carbocycles. The highest BCUT2D eigenvalue weighted by Gasteiger charge is 2.62. The minimum absolute atomic E-state index is 0.0354. The van der Waals surface area contributed by atoms with E-state index in [1.54, 1.807) is 37.3 Å². The molecule has 0 amide bonds. The lowest BCUT2D eigenvalue weighted by Gasteiger charge is -2.28. The largest absolute Gasteiger partial charge is 0.468 e. The highest BCUT2D eigenvalue weighted by Crippen LogP contribution is 2.53. The molecule has 0 unspecified atom stereocenters. The number of methoxy groups -OCH3 is 2. The van der Waals surface area contributed by atoms with Crippen LogP contribution in [0.1, 0.15) is 61.8 Å². The molecule has 9 heteroatoms. The van der Waals surface area contributed by atoms with Crippen molar-refractivity contribution < 1.29 is 23.8 Å². The molecule has 9 nitrogen and oxygen atoms in total.